The standard InChI is InChI=1S/C20H28FN3O2S.ClH/c21-16-5-7-17(8-6-16)27-12-9-19(25)24-11-2-3-15(14-24)13-23-20(26)18-4-1-10-22-18;/h5-8,15,18,22H,1-4,9-14H2,(H,23,26);1H. The van der Waals surface area contributed by atoms with Gasteiger partial charge < -0.3 is 15.5 Å². The molecule has 0 bridgehead atoms. The molecule has 2 saturated heterocycles. The van der Waals surface area contributed by atoms with E-state index in [-0.39, 0.29) is 36.1 Å². The molecule has 28 heavy (non-hydrogen) atoms. The van der Waals surface area contributed by atoms with E-state index in [9.17, 15) is 14.0 Å². The average Bonchev–Trinajstić information content (AvgIpc) is 3.23. The van der Waals surface area contributed by atoms with Crippen LogP contribution in [0.3, 0.4) is 0 Å². The van der Waals surface area contributed by atoms with Crippen LogP contribution in [0.15, 0.2) is 29.2 Å². The van der Waals surface area contributed by atoms with Crippen molar-refractivity contribution in [3.05, 3.63) is 30.1 Å². The average molecular weight is 430 g/mol. The highest BCUT2D eigenvalue weighted by atomic mass is 35.5. The first-order valence-electron chi connectivity index (χ1n) is 9.79. The highest BCUT2D eigenvalue weighted by Crippen LogP contribution is 2.21. The van der Waals surface area contributed by atoms with E-state index < -0.39 is 0 Å². The largest absolute Gasteiger partial charge is 0.354 e. The zero-order valence-electron chi connectivity index (χ0n) is 16.0. The van der Waals surface area contributed by atoms with Crippen molar-refractivity contribution in [1.29, 1.82) is 0 Å². The zero-order chi connectivity index (χ0) is 19.1. The number of rotatable bonds is 7. The molecule has 2 fully saturated rings. The van der Waals surface area contributed by atoms with E-state index in [0.717, 1.165) is 50.2 Å². The highest BCUT2D eigenvalue weighted by molar-refractivity contribution is 7.99. The summed E-state index contributed by atoms with van der Waals surface area (Å²) in [4.78, 5) is 27.5. The van der Waals surface area contributed by atoms with Crippen molar-refractivity contribution in [2.24, 2.45) is 5.92 Å². The molecule has 1 aromatic rings. The van der Waals surface area contributed by atoms with Crippen molar-refractivity contribution in [3.63, 3.8) is 0 Å². The van der Waals surface area contributed by atoms with E-state index in [0.29, 0.717) is 24.6 Å². The third kappa shape index (κ3) is 6.94. The molecule has 3 rings (SSSR count). The van der Waals surface area contributed by atoms with Crippen molar-refractivity contribution in [3.8, 4) is 0 Å². The first-order valence-corrected chi connectivity index (χ1v) is 10.8. The van der Waals surface area contributed by atoms with E-state index in [1.54, 1.807) is 23.9 Å². The summed E-state index contributed by atoms with van der Waals surface area (Å²) in [6, 6.07) is 6.31. The topological polar surface area (TPSA) is 61.4 Å². The molecule has 0 radical (unpaired) electrons. The first-order chi connectivity index (χ1) is 13.1. The molecular weight excluding hydrogens is 401 g/mol. The molecule has 2 heterocycles. The first kappa shape index (κ1) is 23.0. The SMILES string of the molecule is Cl.O=C(NCC1CCCN(C(=O)CCSc2ccc(F)cc2)C1)C1CCCN1. The fourth-order valence-electron chi connectivity index (χ4n) is 3.68. The van der Waals surface area contributed by atoms with Gasteiger partial charge in [-0.25, -0.2) is 4.39 Å². The number of thioether (sulfide) groups is 1. The van der Waals surface area contributed by atoms with Gasteiger partial charge in [-0.1, -0.05) is 0 Å². The Morgan fingerprint density at radius 3 is 2.71 bits per heavy atom. The van der Waals surface area contributed by atoms with Gasteiger partial charge in [0.1, 0.15) is 5.82 Å². The Labute approximate surface area is 176 Å². The van der Waals surface area contributed by atoms with Crippen LogP contribution in [0, 0.1) is 11.7 Å². The number of piperidine rings is 1. The number of halogens is 2. The third-order valence-electron chi connectivity index (χ3n) is 5.21. The quantitative estimate of drug-likeness (QED) is 0.654. The summed E-state index contributed by atoms with van der Waals surface area (Å²) in [6.07, 6.45) is 4.48. The Bertz CT molecular complexity index is 641. The molecule has 5 nitrogen and oxygen atoms in total. The van der Waals surface area contributed by atoms with Crippen molar-refractivity contribution in [2.75, 3.05) is 31.9 Å². The fraction of sp³-hybridized carbons (Fsp3) is 0.600. The lowest BCUT2D eigenvalue weighted by Gasteiger charge is -2.33. The number of likely N-dealkylation sites (tertiary alicyclic amines) is 1. The monoisotopic (exact) mass is 429 g/mol. The van der Waals surface area contributed by atoms with Crippen LogP contribution in [0.2, 0.25) is 0 Å². The number of nitrogens with zero attached hydrogens (tertiary/aromatic N) is 1. The molecule has 8 heteroatoms. The van der Waals surface area contributed by atoms with Gasteiger partial charge in [0.2, 0.25) is 11.8 Å². The lowest BCUT2D eigenvalue weighted by atomic mass is 9.97. The van der Waals surface area contributed by atoms with Crippen LogP contribution < -0.4 is 10.6 Å². The lowest BCUT2D eigenvalue weighted by molar-refractivity contribution is -0.132. The van der Waals surface area contributed by atoms with Crippen molar-refractivity contribution in [2.45, 2.75) is 43.0 Å². The molecule has 0 aromatic heterocycles. The normalized spacial score (nSPS) is 21.8. The molecule has 156 valence electrons. The maximum absolute atomic E-state index is 12.9. The summed E-state index contributed by atoms with van der Waals surface area (Å²) in [6.45, 7) is 3.08. The van der Waals surface area contributed by atoms with Crippen molar-refractivity contribution in [1.82, 2.24) is 15.5 Å². The van der Waals surface area contributed by atoms with E-state index >= 15 is 0 Å². The summed E-state index contributed by atoms with van der Waals surface area (Å²) in [5, 5.41) is 6.26. The maximum Gasteiger partial charge on any atom is 0.237 e. The highest BCUT2D eigenvalue weighted by Gasteiger charge is 2.26. The number of hydrogen-bond donors (Lipinski definition) is 2. The summed E-state index contributed by atoms with van der Waals surface area (Å²) in [7, 11) is 0. The van der Waals surface area contributed by atoms with Gasteiger partial charge in [0.05, 0.1) is 6.04 Å². The van der Waals surface area contributed by atoms with Gasteiger partial charge in [0.25, 0.3) is 0 Å². The zero-order valence-corrected chi connectivity index (χ0v) is 17.6. The smallest absolute Gasteiger partial charge is 0.237 e. The van der Waals surface area contributed by atoms with Gasteiger partial charge in [-0.2, -0.15) is 0 Å². The van der Waals surface area contributed by atoms with Gasteiger partial charge in [0, 0.05) is 36.7 Å². The second-order valence-electron chi connectivity index (χ2n) is 7.29. The second kappa shape index (κ2) is 11.6. The van der Waals surface area contributed by atoms with Gasteiger partial charge >= 0.3 is 0 Å². The lowest BCUT2D eigenvalue weighted by Crippen LogP contribution is -2.46. The molecule has 1 aromatic carbocycles. The molecule has 0 aliphatic carbocycles. The fourth-order valence-corrected chi connectivity index (χ4v) is 4.52. The van der Waals surface area contributed by atoms with Gasteiger partial charge in [-0.05, 0) is 62.4 Å². The van der Waals surface area contributed by atoms with E-state index in [4.69, 9.17) is 0 Å². The van der Waals surface area contributed by atoms with Gasteiger partial charge in [0.15, 0.2) is 0 Å². The summed E-state index contributed by atoms with van der Waals surface area (Å²) < 4.78 is 12.9. The van der Waals surface area contributed by atoms with Crippen LogP contribution in [0.1, 0.15) is 32.1 Å². The van der Waals surface area contributed by atoms with Crippen molar-refractivity contribution < 1.29 is 14.0 Å². The van der Waals surface area contributed by atoms with E-state index in [2.05, 4.69) is 10.6 Å². The molecule has 2 atom stereocenters. The minimum Gasteiger partial charge on any atom is -0.354 e. The molecule has 2 amide bonds. The van der Waals surface area contributed by atoms with Crippen LogP contribution in [0.5, 0.6) is 0 Å². The Kier molecular flexibility index (Phi) is 9.55. The number of carbonyl (C=O) groups excluding carboxylic acids is 2. The second-order valence-corrected chi connectivity index (χ2v) is 8.46. The molecule has 0 saturated carbocycles. The minimum absolute atomic E-state index is 0. The number of amides is 2. The molecule has 0 spiro atoms. The number of carbonyl (C=O) groups is 2. The number of hydrogen-bond acceptors (Lipinski definition) is 4. The maximum atomic E-state index is 12.9. The molecule has 2 aliphatic heterocycles. The van der Waals surface area contributed by atoms with Crippen LogP contribution >= 0.6 is 24.2 Å². The third-order valence-corrected chi connectivity index (χ3v) is 6.23. The predicted octanol–water partition coefficient (Wildman–Crippen LogP) is 2.84. The van der Waals surface area contributed by atoms with E-state index in [1.807, 2.05) is 4.90 Å². The van der Waals surface area contributed by atoms with Crippen LogP contribution in [-0.4, -0.2) is 54.7 Å². The Hall–Kier alpha value is -1.31. The number of nitrogens with one attached hydrogen (secondary N) is 2. The van der Waals surface area contributed by atoms with Crippen molar-refractivity contribution >= 4 is 36.0 Å². The summed E-state index contributed by atoms with van der Waals surface area (Å²) in [5.74, 6) is 1.03. The summed E-state index contributed by atoms with van der Waals surface area (Å²) >= 11 is 1.57. The minimum atomic E-state index is -0.245. The molecule has 2 unspecified atom stereocenters. The van der Waals surface area contributed by atoms with Crippen LogP contribution in [-0.2, 0) is 9.59 Å². The van der Waals surface area contributed by atoms with Crippen LogP contribution in [0.25, 0.3) is 0 Å². The predicted molar refractivity (Wildman–Crippen MR) is 112 cm³/mol. The van der Waals surface area contributed by atoms with E-state index in [1.165, 1.54) is 12.1 Å². The molecule has 2 aliphatic rings. The van der Waals surface area contributed by atoms with Gasteiger partial charge in [-0.3, -0.25) is 9.59 Å². The van der Waals surface area contributed by atoms with Gasteiger partial charge in [-0.15, -0.1) is 24.2 Å². The molecule has 2 N–H and O–H groups in total. The van der Waals surface area contributed by atoms with Crippen LogP contribution in [0.4, 0.5) is 4.39 Å². The Morgan fingerprint density at radius 1 is 1.21 bits per heavy atom. The Balaban J connectivity index is 0.00000280. The number of benzene rings is 1. The Morgan fingerprint density at radius 2 is 2.00 bits per heavy atom. The molecular formula is C20H29ClFN3O2S. The summed E-state index contributed by atoms with van der Waals surface area (Å²) in [5.41, 5.74) is 0.